The number of anilines is 1. The van der Waals surface area contributed by atoms with Gasteiger partial charge in [-0.05, 0) is 52.0 Å². The molecule has 0 saturated carbocycles. The highest BCUT2D eigenvalue weighted by Gasteiger charge is 2.17. The Bertz CT molecular complexity index is 549. The minimum Gasteiger partial charge on any atom is -0.372 e. The first-order valence-electron chi connectivity index (χ1n) is 8.02. The predicted molar refractivity (Wildman–Crippen MR) is 98.9 cm³/mol. The van der Waals surface area contributed by atoms with E-state index in [-0.39, 0.29) is 6.10 Å². The molecule has 0 saturated heterocycles. The van der Waals surface area contributed by atoms with Gasteiger partial charge in [-0.3, -0.25) is 0 Å². The van der Waals surface area contributed by atoms with E-state index >= 15 is 0 Å². The molecule has 0 radical (unpaired) electrons. The van der Waals surface area contributed by atoms with Crippen molar-refractivity contribution >= 4 is 24.4 Å². The van der Waals surface area contributed by atoms with Crippen LogP contribution in [-0.2, 0) is 4.52 Å². The standard InChI is InChI=1S/C19H26NOP/c1-5-20(6-2)17-12-14-19(15-13-17)22(21-16(3)4)18-10-8-7-9-11-18/h7-16H,5-6H2,1-4H3. The van der Waals surface area contributed by atoms with Crippen LogP contribution in [0.3, 0.4) is 0 Å². The molecule has 2 aromatic carbocycles. The minimum atomic E-state index is -0.749. The van der Waals surface area contributed by atoms with Crippen LogP contribution < -0.4 is 15.5 Å². The highest BCUT2D eigenvalue weighted by Crippen LogP contribution is 2.36. The van der Waals surface area contributed by atoms with Gasteiger partial charge in [0.05, 0.1) is 14.3 Å². The van der Waals surface area contributed by atoms with Crippen molar-refractivity contribution in [2.24, 2.45) is 0 Å². The maximum atomic E-state index is 6.23. The zero-order valence-electron chi connectivity index (χ0n) is 14.0. The van der Waals surface area contributed by atoms with Crippen LogP contribution in [0, 0.1) is 0 Å². The summed E-state index contributed by atoms with van der Waals surface area (Å²) in [5.74, 6) is 0. The fraction of sp³-hybridized carbons (Fsp3) is 0.368. The van der Waals surface area contributed by atoms with E-state index < -0.39 is 8.15 Å². The van der Waals surface area contributed by atoms with E-state index in [0.717, 1.165) is 13.1 Å². The van der Waals surface area contributed by atoms with Crippen LogP contribution in [0.2, 0.25) is 0 Å². The molecule has 2 nitrogen and oxygen atoms in total. The van der Waals surface area contributed by atoms with Crippen LogP contribution in [0.4, 0.5) is 5.69 Å². The lowest BCUT2D eigenvalue weighted by molar-refractivity contribution is 0.278. The van der Waals surface area contributed by atoms with Gasteiger partial charge in [-0.25, -0.2) is 0 Å². The lowest BCUT2D eigenvalue weighted by Crippen LogP contribution is -2.22. The maximum Gasteiger partial charge on any atom is 0.0921 e. The second kappa shape index (κ2) is 8.31. The normalized spacial score (nSPS) is 12.4. The topological polar surface area (TPSA) is 12.5 Å². The molecule has 0 bridgehead atoms. The Hall–Kier alpha value is -1.37. The van der Waals surface area contributed by atoms with Gasteiger partial charge in [0.15, 0.2) is 0 Å². The van der Waals surface area contributed by atoms with Gasteiger partial charge in [0, 0.05) is 29.4 Å². The molecule has 0 aliphatic heterocycles. The van der Waals surface area contributed by atoms with E-state index in [9.17, 15) is 0 Å². The second-order valence-corrected chi connectivity index (χ2v) is 7.31. The molecule has 1 atom stereocenters. The molecule has 0 amide bonds. The minimum absolute atomic E-state index is 0.216. The smallest absolute Gasteiger partial charge is 0.0921 e. The zero-order valence-corrected chi connectivity index (χ0v) is 14.9. The predicted octanol–water partition coefficient (Wildman–Crippen LogP) is 4.31. The second-order valence-electron chi connectivity index (χ2n) is 5.47. The summed E-state index contributed by atoms with van der Waals surface area (Å²) in [4.78, 5) is 2.36. The first kappa shape index (κ1) is 17.0. The molecule has 3 heteroatoms. The summed E-state index contributed by atoms with van der Waals surface area (Å²) in [6.45, 7) is 10.6. The molecule has 22 heavy (non-hydrogen) atoms. The molecule has 0 aliphatic carbocycles. The van der Waals surface area contributed by atoms with Crippen molar-refractivity contribution in [2.75, 3.05) is 18.0 Å². The van der Waals surface area contributed by atoms with E-state index in [1.165, 1.54) is 16.3 Å². The number of rotatable bonds is 7. The molecule has 2 aromatic rings. The highest BCUT2D eigenvalue weighted by molar-refractivity contribution is 7.68. The average molecular weight is 315 g/mol. The summed E-state index contributed by atoms with van der Waals surface area (Å²) in [6.07, 6.45) is 0.216. The van der Waals surface area contributed by atoms with Crippen molar-refractivity contribution in [2.45, 2.75) is 33.8 Å². The number of hydrogen-bond acceptors (Lipinski definition) is 2. The van der Waals surface area contributed by atoms with Gasteiger partial charge < -0.3 is 9.42 Å². The number of hydrogen-bond donors (Lipinski definition) is 0. The lowest BCUT2D eigenvalue weighted by Gasteiger charge is -2.24. The van der Waals surface area contributed by atoms with E-state index in [1.807, 2.05) is 0 Å². The quantitative estimate of drug-likeness (QED) is 0.706. The Morgan fingerprint density at radius 2 is 1.41 bits per heavy atom. The van der Waals surface area contributed by atoms with Crippen LogP contribution in [0.5, 0.6) is 0 Å². The molecule has 0 N–H and O–H groups in total. The Kier molecular flexibility index (Phi) is 6.42. The van der Waals surface area contributed by atoms with Crippen molar-refractivity contribution in [1.29, 1.82) is 0 Å². The zero-order chi connectivity index (χ0) is 15.9. The Balaban J connectivity index is 2.28. The maximum absolute atomic E-state index is 6.23. The molecule has 118 valence electrons. The third-order valence-corrected chi connectivity index (χ3v) is 5.69. The Morgan fingerprint density at radius 3 is 1.91 bits per heavy atom. The first-order valence-corrected chi connectivity index (χ1v) is 9.28. The van der Waals surface area contributed by atoms with Crippen molar-refractivity contribution in [3.63, 3.8) is 0 Å². The number of nitrogens with zero attached hydrogens (tertiary/aromatic N) is 1. The molecule has 0 aromatic heterocycles. The lowest BCUT2D eigenvalue weighted by atomic mass is 10.3. The fourth-order valence-electron chi connectivity index (χ4n) is 2.43. The molecule has 1 unspecified atom stereocenters. The highest BCUT2D eigenvalue weighted by atomic mass is 31.1. The van der Waals surface area contributed by atoms with Crippen molar-refractivity contribution in [1.82, 2.24) is 0 Å². The fourth-order valence-corrected chi connectivity index (χ4v) is 4.26. The molecule has 0 aliphatic rings. The van der Waals surface area contributed by atoms with E-state index in [2.05, 4.69) is 87.2 Å². The third kappa shape index (κ3) is 4.32. The summed E-state index contributed by atoms with van der Waals surface area (Å²) in [5, 5.41) is 2.53. The summed E-state index contributed by atoms with van der Waals surface area (Å²) in [6, 6.07) is 19.4. The summed E-state index contributed by atoms with van der Waals surface area (Å²) >= 11 is 0. The van der Waals surface area contributed by atoms with Crippen molar-refractivity contribution in [3.8, 4) is 0 Å². The summed E-state index contributed by atoms with van der Waals surface area (Å²) in [5.41, 5.74) is 1.28. The number of benzene rings is 2. The van der Waals surface area contributed by atoms with Crippen LogP contribution >= 0.6 is 8.15 Å². The van der Waals surface area contributed by atoms with Gasteiger partial charge in [0.1, 0.15) is 0 Å². The van der Waals surface area contributed by atoms with E-state index in [0.29, 0.717) is 0 Å². The van der Waals surface area contributed by atoms with E-state index in [4.69, 9.17) is 4.52 Å². The monoisotopic (exact) mass is 315 g/mol. The Morgan fingerprint density at radius 1 is 0.864 bits per heavy atom. The van der Waals surface area contributed by atoms with Crippen LogP contribution in [0.15, 0.2) is 54.6 Å². The summed E-state index contributed by atoms with van der Waals surface area (Å²) in [7, 11) is -0.749. The molecule has 2 rings (SSSR count). The van der Waals surface area contributed by atoms with Gasteiger partial charge >= 0.3 is 0 Å². The molecule has 0 heterocycles. The van der Waals surface area contributed by atoms with Crippen molar-refractivity contribution in [3.05, 3.63) is 54.6 Å². The molecule has 0 spiro atoms. The first-order chi connectivity index (χ1) is 10.7. The van der Waals surface area contributed by atoms with Crippen LogP contribution in [-0.4, -0.2) is 19.2 Å². The molecular formula is C19H26NOP. The van der Waals surface area contributed by atoms with Gasteiger partial charge in [-0.1, -0.05) is 30.3 Å². The van der Waals surface area contributed by atoms with Crippen LogP contribution in [0.25, 0.3) is 0 Å². The third-order valence-electron chi connectivity index (χ3n) is 3.52. The molecular weight excluding hydrogens is 289 g/mol. The van der Waals surface area contributed by atoms with Gasteiger partial charge in [-0.2, -0.15) is 0 Å². The SMILES string of the molecule is CCN(CC)c1ccc(P(OC(C)C)c2ccccc2)cc1. The van der Waals surface area contributed by atoms with Crippen molar-refractivity contribution < 1.29 is 4.52 Å². The van der Waals surface area contributed by atoms with Gasteiger partial charge in [-0.15, -0.1) is 0 Å². The Labute approximate surface area is 136 Å². The summed E-state index contributed by atoms with van der Waals surface area (Å²) < 4.78 is 6.23. The van der Waals surface area contributed by atoms with Gasteiger partial charge in [0.25, 0.3) is 0 Å². The van der Waals surface area contributed by atoms with E-state index in [1.54, 1.807) is 0 Å². The van der Waals surface area contributed by atoms with Gasteiger partial charge in [0.2, 0.25) is 0 Å². The van der Waals surface area contributed by atoms with Crippen LogP contribution in [0.1, 0.15) is 27.7 Å². The average Bonchev–Trinajstić information content (AvgIpc) is 2.55. The largest absolute Gasteiger partial charge is 0.372 e. The molecule has 0 fully saturated rings.